The Kier molecular flexibility index (Phi) is 15.4. The van der Waals surface area contributed by atoms with Crippen molar-refractivity contribution < 1.29 is 9.90 Å². The molecule has 0 aromatic heterocycles. The topological polar surface area (TPSA) is 37.3 Å². The minimum Gasteiger partial charge on any atom is -0.396 e. The average molecular weight is 270 g/mol. The summed E-state index contributed by atoms with van der Waals surface area (Å²) in [5.74, 6) is 0.217. The molecule has 0 bridgehead atoms. The van der Waals surface area contributed by atoms with Crippen LogP contribution in [-0.2, 0) is 4.79 Å². The normalized spacial score (nSPS) is 10.8. The van der Waals surface area contributed by atoms with Gasteiger partial charge in [0.25, 0.3) is 0 Å². The minimum atomic E-state index is 0.0110. The summed E-state index contributed by atoms with van der Waals surface area (Å²) in [6.45, 7) is 2.27. The van der Waals surface area contributed by atoms with Crippen LogP contribution in [0.5, 0.6) is 0 Å². The lowest BCUT2D eigenvalue weighted by atomic mass is 10.0. The Morgan fingerprint density at radius 2 is 1.11 bits per heavy atom. The molecular weight excluding hydrogens is 236 g/mol. The van der Waals surface area contributed by atoms with Crippen molar-refractivity contribution in [3.63, 3.8) is 0 Å². The predicted octanol–water partition coefficient (Wildman–Crippen LogP) is 5.03. The van der Waals surface area contributed by atoms with E-state index in [4.69, 9.17) is 5.11 Å². The monoisotopic (exact) mass is 270 g/mol. The molecule has 0 saturated heterocycles. The molecule has 0 saturated carbocycles. The van der Waals surface area contributed by atoms with Crippen LogP contribution in [-0.4, -0.2) is 17.5 Å². The third kappa shape index (κ3) is 15.6. The quantitative estimate of drug-likeness (QED) is 0.424. The molecule has 0 aromatic rings. The molecule has 0 heterocycles. The van der Waals surface area contributed by atoms with E-state index in [2.05, 4.69) is 6.92 Å². The van der Waals surface area contributed by atoms with Crippen LogP contribution < -0.4 is 0 Å². The smallest absolute Gasteiger partial charge is 0.135 e. The van der Waals surface area contributed by atoms with Gasteiger partial charge in [-0.15, -0.1) is 0 Å². The minimum absolute atomic E-state index is 0.0110. The van der Waals surface area contributed by atoms with Crippen molar-refractivity contribution >= 4 is 5.78 Å². The second-order valence-corrected chi connectivity index (χ2v) is 5.65. The van der Waals surface area contributed by atoms with Crippen LogP contribution in [0.2, 0.25) is 0 Å². The highest BCUT2D eigenvalue weighted by atomic mass is 16.3. The summed E-state index contributed by atoms with van der Waals surface area (Å²) >= 11 is 0. The van der Waals surface area contributed by atoms with E-state index in [1.165, 1.54) is 70.6 Å². The third-order valence-corrected chi connectivity index (χ3v) is 3.70. The maximum atomic E-state index is 11.2. The van der Waals surface area contributed by atoms with Crippen molar-refractivity contribution in [1.29, 1.82) is 0 Å². The molecule has 0 aromatic carbocycles. The van der Waals surface area contributed by atoms with Crippen LogP contribution in [0.25, 0.3) is 0 Å². The van der Waals surface area contributed by atoms with Gasteiger partial charge in [0, 0.05) is 19.4 Å². The van der Waals surface area contributed by atoms with Gasteiger partial charge in [-0.25, -0.2) is 0 Å². The third-order valence-electron chi connectivity index (χ3n) is 3.70. The van der Waals surface area contributed by atoms with E-state index in [-0.39, 0.29) is 12.4 Å². The summed E-state index contributed by atoms with van der Waals surface area (Å²) in [4.78, 5) is 11.2. The number of ketones is 1. The van der Waals surface area contributed by atoms with Crippen molar-refractivity contribution in [2.24, 2.45) is 0 Å². The van der Waals surface area contributed by atoms with E-state index in [1.54, 1.807) is 0 Å². The molecule has 0 radical (unpaired) electrons. The summed E-state index contributed by atoms with van der Waals surface area (Å²) in [7, 11) is 0. The van der Waals surface area contributed by atoms with E-state index < -0.39 is 0 Å². The summed E-state index contributed by atoms with van der Waals surface area (Å²) in [5.41, 5.74) is 0. The number of carbonyl (C=O) groups is 1. The lowest BCUT2D eigenvalue weighted by Gasteiger charge is -2.02. The van der Waals surface area contributed by atoms with Crippen LogP contribution in [0.1, 0.15) is 96.8 Å². The number of hydrogen-bond donors (Lipinski definition) is 1. The molecule has 0 amide bonds. The fraction of sp³-hybridized carbons (Fsp3) is 0.941. The van der Waals surface area contributed by atoms with Crippen molar-refractivity contribution in [2.45, 2.75) is 96.8 Å². The van der Waals surface area contributed by atoms with Gasteiger partial charge >= 0.3 is 0 Å². The standard InChI is InChI=1S/C17H34O2/c1-2-3-4-5-6-7-8-9-10-11-12-13-14-17(19)15-16-18/h18H,2-16H2,1H3. The van der Waals surface area contributed by atoms with E-state index in [0.717, 1.165) is 6.42 Å². The Hall–Kier alpha value is -0.370. The molecule has 0 aliphatic rings. The van der Waals surface area contributed by atoms with Crippen LogP contribution >= 0.6 is 0 Å². The van der Waals surface area contributed by atoms with Crippen molar-refractivity contribution in [3.05, 3.63) is 0 Å². The van der Waals surface area contributed by atoms with Gasteiger partial charge in [-0.1, -0.05) is 77.6 Å². The SMILES string of the molecule is CCCCCCCCCCCCCCC(=O)CCO. The lowest BCUT2D eigenvalue weighted by molar-refractivity contribution is -0.119. The predicted molar refractivity (Wildman–Crippen MR) is 82.4 cm³/mol. The average Bonchev–Trinajstić information content (AvgIpc) is 2.40. The first kappa shape index (κ1) is 18.6. The van der Waals surface area contributed by atoms with E-state index in [9.17, 15) is 4.79 Å². The van der Waals surface area contributed by atoms with E-state index in [0.29, 0.717) is 12.8 Å². The highest BCUT2D eigenvalue weighted by molar-refractivity contribution is 5.78. The number of hydrogen-bond acceptors (Lipinski definition) is 2. The molecule has 0 rings (SSSR count). The van der Waals surface area contributed by atoms with Crippen LogP contribution in [0, 0.1) is 0 Å². The zero-order chi connectivity index (χ0) is 14.2. The van der Waals surface area contributed by atoms with Crippen molar-refractivity contribution in [3.8, 4) is 0 Å². The number of aliphatic hydroxyl groups is 1. The highest BCUT2D eigenvalue weighted by Gasteiger charge is 2.00. The molecule has 19 heavy (non-hydrogen) atoms. The maximum absolute atomic E-state index is 11.2. The summed E-state index contributed by atoms with van der Waals surface area (Å²) in [6.07, 6.45) is 16.9. The first-order chi connectivity index (χ1) is 9.31. The maximum Gasteiger partial charge on any atom is 0.135 e. The first-order valence-corrected chi connectivity index (χ1v) is 8.43. The summed E-state index contributed by atoms with van der Waals surface area (Å²) in [6, 6.07) is 0. The van der Waals surface area contributed by atoms with Gasteiger partial charge in [-0.3, -0.25) is 4.79 Å². The highest BCUT2D eigenvalue weighted by Crippen LogP contribution is 2.12. The Balaban J connectivity index is 3.01. The van der Waals surface area contributed by atoms with Gasteiger partial charge in [-0.2, -0.15) is 0 Å². The first-order valence-electron chi connectivity index (χ1n) is 8.43. The second kappa shape index (κ2) is 15.7. The lowest BCUT2D eigenvalue weighted by Crippen LogP contribution is -2.00. The van der Waals surface area contributed by atoms with Crippen LogP contribution in [0.4, 0.5) is 0 Å². The number of carbonyl (C=O) groups excluding carboxylic acids is 1. The molecule has 0 unspecified atom stereocenters. The summed E-state index contributed by atoms with van der Waals surface area (Å²) in [5, 5.41) is 8.61. The molecule has 0 atom stereocenters. The van der Waals surface area contributed by atoms with Gasteiger partial charge in [0.15, 0.2) is 0 Å². The molecule has 0 fully saturated rings. The van der Waals surface area contributed by atoms with Gasteiger partial charge in [0.1, 0.15) is 5.78 Å². The Morgan fingerprint density at radius 3 is 1.53 bits per heavy atom. The molecule has 2 nitrogen and oxygen atoms in total. The molecule has 1 N–H and O–H groups in total. The van der Waals surface area contributed by atoms with E-state index >= 15 is 0 Å². The van der Waals surface area contributed by atoms with Crippen molar-refractivity contribution in [2.75, 3.05) is 6.61 Å². The van der Waals surface area contributed by atoms with Crippen molar-refractivity contribution in [1.82, 2.24) is 0 Å². The molecule has 2 heteroatoms. The molecule has 114 valence electrons. The fourth-order valence-electron chi connectivity index (χ4n) is 2.41. The zero-order valence-electron chi connectivity index (χ0n) is 13.0. The van der Waals surface area contributed by atoms with Gasteiger partial charge < -0.3 is 5.11 Å². The largest absolute Gasteiger partial charge is 0.396 e. The Morgan fingerprint density at radius 1 is 0.684 bits per heavy atom. The molecule has 0 aliphatic carbocycles. The Bertz CT molecular complexity index is 190. The van der Waals surface area contributed by atoms with Crippen LogP contribution in [0.15, 0.2) is 0 Å². The molecule has 0 aliphatic heterocycles. The van der Waals surface area contributed by atoms with E-state index in [1.807, 2.05) is 0 Å². The van der Waals surface area contributed by atoms with Gasteiger partial charge in [-0.05, 0) is 6.42 Å². The number of unbranched alkanes of at least 4 members (excludes halogenated alkanes) is 11. The van der Waals surface area contributed by atoms with Gasteiger partial charge in [0.2, 0.25) is 0 Å². The van der Waals surface area contributed by atoms with Crippen LogP contribution in [0.3, 0.4) is 0 Å². The number of rotatable bonds is 15. The molecule has 0 spiro atoms. The summed E-state index contributed by atoms with van der Waals surface area (Å²) < 4.78 is 0. The van der Waals surface area contributed by atoms with Gasteiger partial charge in [0.05, 0.1) is 0 Å². The Labute approximate surface area is 120 Å². The number of aliphatic hydroxyl groups excluding tert-OH is 1. The molecular formula is C17H34O2. The fourth-order valence-corrected chi connectivity index (χ4v) is 2.41. The second-order valence-electron chi connectivity index (χ2n) is 5.65. The number of Topliss-reactive ketones (excluding diaryl/α,β-unsaturated/α-hetero) is 1. The zero-order valence-corrected chi connectivity index (χ0v) is 13.0.